The molecule has 3 rings (SSSR count). The van der Waals surface area contributed by atoms with Crippen molar-refractivity contribution in [2.75, 3.05) is 19.7 Å². The molecule has 6 nitrogen and oxygen atoms in total. The average Bonchev–Trinajstić information content (AvgIpc) is 3.50. The van der Waals surface area contributed by atoms with Crippen LogP contribution in [-0.2, 0) is 14.3 Å². The summed E-state index contributed by atoms with van der Waals surface area (Å²) < 4.78 is 30.4. The van der Waals surface area contributed by atoms with Gasteiger partial charge in [0, 0.05) is 6.07 Å². The summed E-state index contributed by atoms with van der Waals surface area (Å²) in [6.45, 7) is 13.9. The van der Waals surface area contributed by atoms with Gasteiger partial charge in [0.2, 0.25) is 0 Å². The van der Waals surface area contributed by atoms with Gasteiger partial charge in [-0.15, -0.1) is 0 Å². The van der Waals surface area contributed by atoms with E-state index >= 15 is 0 Å². The van der Waals surface area contributed by atoms with Gasteiger partial charge in [-0.2, -0.15) is 0 Å². The molecule has 0 amide bonds. The van der Waals surface area contributed by atoms with Crippen molar-refractivity contribution in [1.29, 1.82) is 0 Å². The summed E-state index contributed by atoms with van der Waals surface area (Å²) in [4.78, 5) is 21.9. The molecule has 1 aliphatic carbocycles. The second-order valence-electron chi connectivity index (χ2n) is 10.5. The van der Waals surface area contributed by atoms with Gasteiger partial charge in [0.1, 0.15) is 22.8 Å². The van der Waals surface area contributed by atoms with Crippen LogP contribution in [0.4, 0.5) is 4.39 Å². The van der Waals surface area contributed by atoms with E-state index in [-0.39, 0.29) is 11.2 Å². The molecule has 1 aromatic rings. The Labute approximate surface area is 191 Å². The zero-order chi connectivity index (χ0) is 23.9. The molecule has 0 bridgehead atoms. The lowest BCUT2D eigenvalue weighted by Gasteiger charge is -2.24. The number of rotatable bonds is 6. The first-order valence-electron chi connectivity index (χ1n) is 11.4. The van der Waals surface area contributed by atoms with E-state index in [1.165, 1.54) is 6.07 Å². The molecule has 0 aromatic heterocycles. The lowest BCUT2D eigenvalue weighted by atomic mass is 9.99. The molecule has 0 atom stereocenters. The van der Waals surface area contributed by atoms with E-state index in [0.717, 1.165) is 44.3 Å². The monoisotopic (exact) mass is 451 g/mol. The highest BCUT2D eigenvalue weighted by Crippen LogP contribution is 2.45. The Hall–Kier alpha value is -2.15. The van der Waals surface area contributed by atoms with Crippen molar-refractivity contribution in [3.05, 3.63) is 29.1 Å². The van der Waals surface area contributed by atoms with Crippen LogP contribution in [0.2, 0.25) is 0 Å². The maximum atomic E-state index is 14.5. The summed E-state index contributed by atoms with van der Waals surface area (Å²) in [6, 6.07) is 3.01. The Balaban J connectivity index is 0.000000451. The van der Waals surface area contributed by atoms with Crippen LogP contribution in [0.5, 0.6) is 5.75 Å². The number of hydrogen-bond acceptors (Lipinski definition) is 6. The molecule has 1 saturated carbocycles. The first-order chi connectivity index (χ1) is 14.9. The van der Waals surface area contributed by atoms with Crippen LogP contribution in [-0.4, -0.2) is 43.3 Å². The Morgan fingerprint density at radius 3 is 2.16 bits per heavy atom. The zero-order valence-electron chi connectivity index (χ0n) is 20.3. The predicted molar refractivity (Wildman–Crippen MR) is 122 cm³/mol. The molecule has 32 heavy (non-hydrogen) atoms. The van der Waals surface area contributed by atoms with E-state index in [4.69, 9.17) is 9.47 Å². The maximum absolute atomic E-state index is 14.5. The van der Waals surface area contributed by atoms with Crippen molar-refractivity contribution in [3.8, 4) is 5.75 Å². The number of ether oxygens (including phenoxy) is 3. The molecule has 1 aliphatic heterocycles. The quantitative estimate of drug-likeness (QED) is 0.485. The van der Waals surface area contributed by atoms with E-state index in [9.17, 15) is 14.0 Å². The number of hydrogen-bond donors (Lipinski definition) is 1. The van der Waals surface area contributed by atoms with Gasteiger partial charge in [-0.05, 0) is 104 Å². The summed E-state index contributed by atoms with van der Waals surface area (Å²) in [5, 5.41) is 3.33. The van der Waals surface area contributed by atoms with Crippen LogP contribution in [0.1, 0.15) is 89.1 Å². The predicted octanol–water partition coefficient (Wildman–Crippen LogP) is 4.99. The Bertz CT molecular complexity index is 772. The maximum Gasteiger partial charge on any atom is 0.341 e. The van der Waals surface area contributed by atoms with E-state index < -0.39 is 17.4 Å². The number of esters is 1. The molecule has 1 saturated heterocycles. The number of carbonyl (C=O) groups is 2. The highest BCUT2D eigenvalue weighted by Gasteiger charge is 2.31. The molecule has 1 heterocycles. The van der Waals surface area contributed by atoms with Crippen LogP contribution in [0.3, 0.4) is 0 Å². The Kier molecular flexibility index (Phi) is 9.08. The molecule has 180 valence electrons. The molecule has 2 fully saturated rings. The van der Waals surface area contributed by atoms with E-state index in [1.54, 1.807) is 26.8 Å². The number of nitrogens with one attached hydrogen (secondary N) is 1. The minimum absolute atomic E-state index is 0.00559. The molecular weight excluding hydrogens is 413 g/mol. The van der Waals surface area contributed by atoms with Gasteiger partial charge in [-0.1, -0.05) is 0 Å². The Morgan fingerprint density at radius 1 is 1.06 bits per heavy atom. The highest BCUT2D eigenvalue weighted by atomic mass is 19.1. The summed E-state index contributed by atoms with van der Waals surface area (Å²) in [6.07, 6.45) is 4.28. The number of halogens is 1. The summed E-state index contributed by atoms with van der Waals surface area (Å²) in [5.74, 6) is 0.272. The molecule has 1 N–H and O–H groups in total. The third-order valence-corrected chi connectivity index (χ3v) is 5.07. The number of carbonyl (C=O) groups excluding carboxylic acids is 2. The third kappa shape index (κ3) is 9.15. The fourth-order valence-electron chi connectivity index (χ4n) is 3.30. The fourth-order valence-corrected chi connectivity index (χ4v) is 3.30. The van der Waals surface area contributed by atoms with E-state index in [1.807, 2.05) is 20.8 Å². The minimum atomic E-state index is -0.645. The second kappa shape index (κ2) is 11.1. The molecular formula is C25H38FNO5. The van der Waals surface area contributed by atoms with Gasteiger partial charge in [-0.25, -0.2) is 9.18 Å². The highest BCUT2D eigenvalue weighted by molar-refractivity contribution is 5.90. The minimum Gasteiger partial charge on any atom is -0.493 e. The van der Waals surface area contributed by atoms with Gasteiger partial charge in [0.25, 0.3) is 6.47 Å². The van der Waals surface area contributed by atoms with Crippen LogP contribution in [0.25, 0.3) is 0 Å². The normalized spacial score (nSPS) is 17.1. The first kappa shape index (κ1) is 26.1. The van der Waals surface area contributed by atoms with Gasteiger partial charge in [-0.3, -0.25) is 4.79 Å². The smallest absolute Gasteiger partial charge is 0.341 e. The largest absolute Gasteiger partial charge is 0.493 e. The molecule has 2 aliphatic rings. The van der Waals surface area contributed by atoms with Crippen molar-refractivity contribution in [2.24, 2.45) is 5.92 Å². The zero-order valence-corrected chi connectivity index (χ0v) is 20.3. The summed E-state index contributed by atoms with van der Waals surface area (Å²) in [7, 11) is 0. The van der Waals surface area contributed by atoms with Crippen molar-refractivity contribution in [1.82, 2.24) is 5.32 Å². The van der Waals surface area contributed by atoms with E-state index in [0.29, 0.717) is 30.7 Å². The van der Waals surface area contributed by atoms with Crippen LogP contribution < -0.4 is 10.1 Å². The van der Waals surface area contributed by atoms with Gasteiger partial charge >= 0.3 is 5.97 Å². The van der Waals surface area contributed by atoms with Crippen molar-refractivity contribution in [2.45, 2.75) is 84.3 Å². The van der Waals surface area contributed by atoms with Gasteiger partial charge in [0.05, 0.1) is 12.2 Å². The lowest BCUT2D eigenvalue weighted by molar-refractivity contribution is -0.138. The van der Waals surface area contributed by atoms with Crippen LogP contribution >= 0.6 is 0 Å². The fraction of sp³-hybridized carbons (Fsp3) is 0.680. The third-order valence-electron chi connectivity index (χ3n) is 5.07. The topological polar surface area (TPSA) is 73.9 Å². The van der Waals surface area contributed by atoms with Gasteiger partial charge < -0.3 is 19.5 Å². The van der Waals surface area contributed by atoms with Crippen LogP contribution in [0, 0.1) is 11.7 Å². The lowest BCUT2D eigenvalue weighted by Crippen LogP contribution is -2.30. The van der Waals surface area contributed by atoms with E-state index in [2.05, 4.69) is 10.1 Å². The van der Waals surface area contributed by atoms with Crippen molar-refractivity contribution < 1.29 is 28.2 Å². The van der Waals surface area contributed by atoms with Crippen LogP contribution in [0.15, 0.2) is 12.1 Å². The molecule has 0 unspecified atom stereocenters. The van der Waals surface area contributed by atoms with Crippen molar-refractivity contribution >= 4 is 12.4 Å². The SMILES string of the molecule is CC(C)(C)OC(=O)c1cc(C2CC2)c(OCC2CCNCC2)cc1F.CC(C)(C)OC=O. The standard InChI is InChI=1S/C20H28FNO3.C5H10O2/c1-20(2,3)25-19(23)16-10-15(14-4-5-14)18(11-17(16)21)24-12-13-6-8-22-9-7-13;1-5(2,3)7-4-6/h10-11,13-14,22H,4-9,12H2,1-3H3;4H,1-3H3. The first-order valence-corrected chi connectivity index (χ1v) is 11.4. The molecule has 0 radical (unpaired) electrons. The Morgan fingerprint density at radius 2 is 1.69 bits per heavy atom. The molecule has 0 spiro atoms. The van der Waals surface area contributed by atoms with Crippen molar-refractivity contribution in [3.63, 3.8) is 0 Å². The second-order valence-corrected chi connectivity index (χ2v) is 10.5. The average molecular weight is 452 g/mol. The summed E-state index contributed by atoms with van der Waals surface area (Å²) in [5.41, 5.74) is -0.0166. The number of piperidine rings is 1. The summed E-state index contributed by atoms with van der Waals surface area (Å²) >= 11 is 0. The van der Waals surface area contributed by atoms with Gasteiger partial charge in [0.15, 0.2) is 0 Å². The molecule has 7 heteroatoms. The number of benzene rings is 1. The molecule has 1 aromatic carbocycles.